The predicted molar refractivity (Wildman–Crippen MR) is 87.4 cm³/mol. The largest absolute Gasteiger partial charge is 0.465 e. The van der Waals surface area contributed by atoms with E-state index >= 15 is 0 Å². The van der Waals surface area contributed by atoms with Crippen molar-refractivity contribution < 1.29 is 24.1 Å². The zero-order valence-electron chi connectivity index (χ0n) is 14.3. The van der Waals surface area contributed by atoms with E-state index in [-0.39, 0.29) is 13.2 Å². The van der Waals surface area contributed by atoms with Gasteiger partial charge in [0.1, 0.15) is 12.5 Å². The number of benzene rings is 1. The smallest absolute Gasteiger partial charge is 0.411 e. The van der Waals surface area contributed by atoms with E-state index in [9.17, 15) is 4.79 Å². The van der Waals surface area contributed by atoms with Crippen molar-refractivity contribution in [3.05, 3.63) is 29.8 Å². The van der Waals surface area contributed by atoms with E-state index < -0.39 is 19.1 Å². The highest BCUT2D eigenvalue weighted by Gasteiger charge is 2.13. The topological polar surface area (TPSA) is 68.2 Å². The van der Waals surface area contributed by atoms with Crippen LogP contribution in [0.25, 0.3) is 0 Å². The lowest BCUT2D eigenvalue weighted by Gasteiger charge is -2.20. The number of nitrogens with zero attached hydrogens (tertiary/aromatic N) is 1. The summed E-state index contributed by atoms with van der Waals surface area (Å²) in [6.45, 7) is 6.18. The zero-order chi connectivity index (χ0) is 17.2. The fraction of sp³-hybridized carbons (Fsp3) is 0.588. The molecule has 0 aromatic heterocycles. The molecule has 0 spiro atoms. The number of methoxy groups -OCH3 is 1. The highest BCUT2D eigenvalue weighted by atomic mass is 16.7. The van der Waals surface area contributed by atoms with E-state index in [1.165, 1.54) is 12.7 Å². The van der Waals surface area contributed by atoms with Crippen molar-refractivity contribution in [2.24, 2.45) is 0 Å². The van der Waals surface area contributed by atoms with Crippen LogP contribution in [0.2, 0.25) is 0 Å². The Balaban J connectivity index is 2.38. The summed E-state index contributed by atoms with van der Waals surface area (Å²) in [5.41, 5.74) is 1.28. The quantitative estimate of drug-likeness (QED) is 0.707. The Morgan fingerprint density at radius 1 is 1.26 bits per heavy atom. The molecule has 23 heavy (non-hydrogen) atoms. The summed E-state index contributed by atoms with van der Waals surface area (Å²) in [5, 5.41) is 9.06. The molecule has 2 atom stereocenters. The van der Waals surface area contributed by atoms with Crippen LogP contribution in [-0.2, 0) is 9.47 Å². The number of carbonyl (C=O) groups is 1. The van der Waals surface area contributed by atoms with Crippen molar-refractivity contribution in [2.45, 2.75) is 39.4 Å². The fourth-order valence-electron chi connectivity index (χ4n) is 2.01. The number of aliphatic hydroxyl groups excluding tert-OH is 1. The number of amides is 1. The first-order chi connectivity index (χ1) is 11.0. The highest BCUT2D eigenvalue weighted by molar-refractivity contribution is 5.67. The molecule has 0 fully saturated rings. The van der Waals surface area contributed by atoms with Gasteiger partial charge in [0.05, 0.1) is 13.7 Å². The summed E-state index contributed by atoms with van der Waals surface area (Å²) in [6.07, 6.45) is 0.0503. The zero-order valence-corrected chi connectivity index (χ0v) is 14.3. The number of hydrogen-bond donors (Lipinski definition) is 1. The summed E-state index contributed by atoms with van der Waals surface area (Å²) < 4.78 is 15.7. The second-order valence-electron chi connectivity index (χ2n) is 5.31. The van der Waals surface area contributed by atoms with Crippen LogP contribution >= 0.6 is 0 Å². The highest BCUT2D eigenvalue weighted by Crippen LogP contribution is 2.22. The van der Waals surface area contributed by atoms with Crippen LogP contribution in [0.3, 0.4) is 0 Å². The molecule has 1 rings (SSSR count). The van der Waals surface area contributed by atoms with Gasteiger partial charge in [-0.2, -0.15) is 0 Å². The second-order valence-corrected chi connectivity index (χ2v) is 5.31. The standard InChI is InChI=1S/C17H27NO5/c1-5-13(2)15-6-8-16(9-7-15)23-14(3)22-11-10-18(12-19)17(20)21-4/h6-9,13-14,19H,5,10-12H2,1-4H3. The molecule has 0 saturated carbocycles. The molecule has 1 aromatic rings. The number of carbonyl (C=O) groups excluding carboxylic acids is 1. The monoisotopic (exact) mass is 325 g/mol. The van der Waals surface area contributed by atoms with Crippen LogP contribution in [0, 0.1) is 0 Å². The number of ether oxygens (including phenoxy) is 3. The Morgan fingerprint density at radius 2 is 1.91 bits per heavy atom. The van der Waals surface area contributed by atoms with Crippen molar-refractivity contribution in [1.82, 2.24) is 4.90 Å². The minimum Gasteiger partial charge on any atom is -0.465 e. The summed E-state index contributed by atoms with van der Waals surface area (Å²) in [6, 6.07) is 7.97. The van der Waals surface area contributed by atoms with Crippen molar-refractivity contribution in [2.75, 3.05) is 27.0 Å². The molecular weight excluding hydrogens is 298 g/mol. The molecule has 1 aromatic carbocycles. The summed E-state index contributed by atoms with van der Waals surface area (Å²) in [4.78, 5) is 12.4. The molecule has 0 aliphatic heterocycles. The second kappa shape index (κ2) is 10.1. The molecule has 1 amide bonds. The van der Waals surface area contributed by atoms with Crippen LogP contribution in [0.15, 0.2) is 24.3 Å². The van der Waals surface area contributed by atoms with Gasteiger partial charge in [-0.25, -0.2) is 4.79 Å². The molecule has 6 nitrogen and oxygen atoms in total. The molecule has 1 N–H and O–H groups in total. The van der Waals surface area contributed by atoms with Crippen LogP contribution in [0.4, 0.5) is 4.79 Å². The van der Waals surface area contributed by atoms with Gasteiger partial charge < -0.3 is 19.3 Å². The third kappa shape index (κ3) is 6.46. The summed E-state index contributed by atoms with van der Waals surface area (Å²) in [5.74, 6) is 1.26. The predicted octanol–water partition coefficient (Wildman–Crippen LogP) is 2.96. The molecule has 0 aliphatic carbocycles. The SMILES string of the molecule is CCC(C)c1ccc(OC(C)OCCN(CO)C(=O)OC)cc1. The average molecular weight is 325 g/mol. The molecule has 0 radical (unpaired) electrons. The lowest BCUT2D eigenvalue weighted by Crippen LogP contribution is -2.35. The Morgan fingerprint density at radius 3 is 2.43 bits per heavy atom. The van der Waals surface area contributed by atoms with E-state index in [0.717, 1.165) is 17.1 Å². The van der Waals surface area contributed by atoms with E-state index in [0.29, 0.717) is 5.92 Å². The Labute approximate surface area is 138 Å². The van der Waals surface area contributed by atoms with Crippen molar-refractivity contribution in [3.63, 3.8) is 0 Å². The molecule has 6 heteroatoms. The molecule has 130 valence electrons. The van der Waals surface area contributed by atoms with Gasteiger partial charge in [0.25, 0.3) is 0 Å². The van der Waals surface area contributed by atoms with Crippen LogP contribution in [0.5, 0.6) is 5.75 Å². The van der Waals surface area contributed by atoms with Crippen molar-refractivity contribution in [3.8, 4) is 5.75 Å². The number of hydrogen-bond acceptors (Lipinski definition) is 5. The maximum absolute atomic E-state index is 11.3. The average Bonchev–Trinajstić information content (AvgIpc) is 2.58. The maximum Gasteiger partial charge on any atom is 0.411 e. The van der Waals surface area contributed by atoms with Crippen molar-refractivity contribution in [1.29, 1.82) is 0 Å². The Hall–Kier alpha value is -1.79. The molecule has 0 saturated heterocycles. The summed E-state index contributed by atoms with van der Waals surface area (Å²) in [7, 11) is 1.26. The minimum atomic E-state index is -0.592. The first kappa shape index (κ1) is 19.3. The van der Waals surface area contributed by atoms with Gasteiger partial charge in [-0.05, 0) is 37.0 Å². The van der Waals surface area contributed by atoms with Crippen LogP contribution < -0.4 is 4.74 Å². The minimum absolute atomic E-state index is 0.226. The summed E-state index contributed by atoms with van der Waals surface area (Å²) >= 11 is 0. The molecule has 0 heterocycles. The number of rotatable bonds is 9. The fourth-order valence-corrected chi connectivity index (χ4v) is 2.01. The van der Waals surface area contributed by atoms with E-state index in [1.807, 2.05) is 12.1 Å². The lowest BCUT2D eigenvalue weighted by atomic mass is 9.99. The molecule has 0 bridgehead atoms. The molecule has 0 aliphatic rings. The first-order valence-electron chi connectivity index (χ1n) is 7.83. The van der Waals surface area contributed by atoms with Gasteiger partial charge in [0, 0.05) is 6.54 Å². The number of aliphatic hydroxyl groups is 1. The van der Waals surface area contributed by atoms with Crippen molar-refractivity contribution >= 4 is 6.09 Å². The van der Waals surface area contributed by atoms with Gasteiger partial charge in [-0.3, -0.25) is 4.90 Å². The van der Waals surface area contributed by atoms with Gasteiger partial charge >= 0.3 is 6.09 Å². The van der Waals surface area contributed by atoms with E-state index in [1.54, 1.807) is 6.92 Å². The van der Waals surface area contributed by atoms with E-state index in [2.05, 4.69) is 30.7 Å². The van der Waals surface area contributed by atoms with Gasteiger partial charge in [-0.1, -0.05) is 26.0 Å². The third-order valence-electron chi connectivity index (χ3n) is 3.68. The van der Waals surface area contributed by atoms with Gasteiger partial charge in [0.2, 0.25) is 0 Å². The van der Waals surface area contributed by atoms with Crippen LogP contribution in [-0.4, -0.2) is 49.4 Å². The molecule has 2 unspecified atom stereocenters. The lowest BCUT2D eigenvalue weighted by molar-refractivity contribution is -0.0740. The Kier molecular flexibility index (Phi) is 8.43. The van der Waals surface area contributed by atoms with E-state index in [4.69, 9.17) is 14.6 Å². The van der Waals surface area contributed by atoms with Gasteiger partial charge in [-0.15, -0.1) is 0 Å². The normalized spacial score (nSPS) is 13.3. The van der Waals surface area contributed by atoms with Gasteiger partial charge in [0.15, 0.2) is 6.29 Å². The maximum atomic E-state index is 11.3. The first-order valence-corrected chi connectivity index (χ1v) is 7.83. The third-order valence-corrected chi connectivity index (χ3v) is 3.68. The molecular formula is C17H27NO5. The Bertz CT molecular complexity index is 463. The van der Waals surface area contributed by atoms with Crippen LogP contribution in [0.1, 0.15) is 38.7 Å².